The first-order chi connectivity index (χ1) is 8.74. The summed E-state index contributed by atoms with van der Waals surface area (Å²) in [6.45, 7) is 0.672. The largest absolute Gasteiger partial charge is 0.368 e. The van der Waals surface area contributed by atoms with E-state index in [2.05, 4.69) is 20.3 Å². The van der Waals surface area contributed by atoms with Gasteiger partial charge in [0, 0.05) is 24.0 Å². The van der Waals surface area contributed by atoms with E-state index in [0.717, 1.165) is 18.5 Å². The van der Waals surface area contributed by atoms with E-state index in [9.17, 15) is 4.79 Å². The van der Waals surface area contributed by atoms with Gasteiger partial charge in [-0.05, 0) is 18.4 Å². The van der Waals surface area contributed by atoms with E-state index in [-0.39, 0.29) is 6.54 Å². The number of nitrogens with zero attached hydrogens (tertiary/aromatic N) is 5. The van der Waals surface area contributed by atoms with Crippen LogP contribution in [0.25, 0.3) is 10.4 Å². The van der Waals surface area contributed by atoms with E-state index in [0.29, 0.717) is 12.6 Å². The van der Waals surface area contributed by atoms with Crippen molar-refractivity contribution in [3.8, 4) is 0 Å². The molecular formula is C10H15N7O. The SMILES string of the molecule is [N-]=[N+]=NCCNC(C(N)=O)c1cncn1C1CC1. The third-order valence-corrected chi connectivity index (χ3v) is 2.84. The molecule has 0 aromatic carbocycles. The minimum atomic E-state index is -0.595. The molecule has 1 saturated carbocycles. The van der Waals surface area contributed by atoms with Crippen LogP contribution in [-0.4, -0.2) is 28.5 Å². The number of primary amides is 1. The van der Waals surface area contributed by atoms with Crippen LogP contribution >= 0.6 is 0 Å². The van der Waals surface area contributed by atoms with E-state index >= 15 is 0 Å². The second-order valence-electron chi connectivity index (χ2n) is 4.20. The molecule has 1 heterocycles. The molecule has 18 heavy (non-hydrogen) atoms. The molecule has 1 atom stereocenters. The second-order valence-corrected chi connectivity index (χ2v) is 4.20. The number of aromatic nitrogens is 2. The Labute approximate surface area is 104 Å². The lowest BCUT2D eigenvalue weighted by Gasteiger charge is -2.16. The molecule has 1 amide bonds. The van der Waals surface area contributed by atoms with Crippen LogP contribution in [0, 0.1) is 0 Å². The molecule has 1 aliphatic carbocycles. The van der Waals surface area contributed by atoms with Crippen molar-refractivity contribution in [2.24, 2.45) is 10.8 Å². The Balaban J connectivity index is 2.06. The maximum Gasteiger partial charge on any atom is 0.240 e. The minimum absolute atomic E-state index is 0.276. The highest BCUT2D eigenvalue weighted by Gasteiger charge is 2.29. The Morgan fingerprint density at radius 3 is 3.17 bits per heavy atom. The van der Waals surface area contributed by atoms with E-state index in [1.807, 2.05) is 4.57 Å². The number of hydrogen-bond donors (Lipinski definition) is 2. The Bertz CT molecular complexity index is 472. The average molecular weight is 249 g/mol. The first kappa shape index (κ1) is 12.4. The van der Waals surface area contributed by atoms with Crippen LogP contribution in [0.5, 0.6) is 0 Å². The molecule has 0 bridgehead atoms. The third kappa shape index (κ3) is 2.79. The van der Waals surface area contributed by atoms with Crippen LogP contribution in [0.3, 0.4) is 0 Å². The lowest BCUT2D eigenvalue weighted by Crippen LogP contribution is -2.36. The van der Waals surface area contributed by atoms with Crippen molar-refractivity contribution in [2.45, 2.75) is 24.9 Å². The van der Waals surface area contributed by atoms with E-state index in [4.69, 9.17) is 11.3 Å². The first-order valence-electron chi connectivity index (χ1n) is 5.79. The number of azide groups is 1. The fraction of sp³-hybridized carbons (Fsp3) is 0.600. The molecule has 3 N–H and O–H groups in total. The van der Waals surface area contributed by atoms with Crippen molar-refractivity contribution in [3.05, 3.63) is 28.7 Å². The summed E-state index contributed by atoms with van der Waals surface area (Å²) in [7, 11) is 0. The molecule has 0 aliphatic heterocycles. The quantitative estimate of drug-likeness (QED) is 0.319. The predicted molar refractivity (Wildman–Crippen MR) is 64.4 cm³/mol. The highest BCUT2D eigenvalue weighted by molar-refractivity contribution is 5.80. The van der Waals surface area contributed by atoms with Crippen molar-refractivity contribution in [1.82, 2.24) is 14.9 Å². The smallest absolute Gasteiger partial charge is 0.240 e. The van der Waals surface area contributed by atoms with Crippen LogP contribution in [0.1, 0.15) is 30.6 Å². The van der Waals surface area contributed by atoms with Gasteiger partial charge >= 0.3 is 0 Å². The van der Waals surface area contributed by atoms with Crippen molar-refractivity contribution >= 4 is 5.91 Å². The molecule has 1 unspecified atom stereocenters. The minimum Gasteiger partial charge on any atom is -0.368 e. The Kier molecular flexibility index (Phi) is 3.81. The molecule has 0 radical (unpaired) electrons. The number of amides is 1. The van der Waals surface area contributed by atoms with Gasteiger partial charge in [-0.15, -0.1) is 0 Å². The van der Waals surface area contributed by atoms with Gasteiger partial charge in [0.15, 0.2) is 0 Å². The molecule has 0 saturated heterocycles. The van der Waals surface area contributed by atoms with Gasteiger partial charge in [-0.1, -0.05) is 5.11 Å². The molecule has 2 rings (SSSR count). The predicted octanol–water partition coefficient (Wildman–Crippen LogP) is 0.644. The number of rotatable bonds is 7. The number of carbonyl (C=O) groups is 1. The maximum atomic E-state index is 11.5. The van der Waals surface area contributed by atoms with E-state index in [1.165, 1.54) is 0 Å². The molecule has 0 spiro atoms. The zero-order valence-electron chi connectivity index (χ0n) is 9.86. The molecule has 1 aliphatic rings. The summed E-state index contributed by atoms with van der Waals surface area (Å²) in [5.41, 5.74) is 14.3. The highest BCUT2D eigenvalue weighted by atomic mass is 16.1. The number of nitrogens with two attached hydrogens (primary N) is 1. The number of carbonyl (C=O) groups excluding carboxylic acids is 1. The second kappa shape index (κ2) is 5.52. The van der Waals surface area contributed by atoms with Crippen molar-refractivity contribution in [1.29, 1.82) is 0 Å². The lowest BCUT2D eigenvalue weighted by molar-refractivity contribution is -0.120. The van der Waals surface area contributed by atoms with Crippen LogP contribution in [0.15, 0.2) is 17.6 Å². The number of imidazole rings is 1. The van der Waals surface area contributed by atoms with Crippen molar-refractivity contribution in [3.63, 3.8) is 0 Å². The highest BCUT2D eigenvalue weighted by Crippen LogP contribution is 2.36. The van der Waals surface area contributed by atoms with Gasteiger partial charge in [0.2, 0.25) is 5.91 Å². The van der Waals surface area contributed by atoms with Gasteiger partial charge in [0.1, 0.15) is 6.04 Å². The van der Waals surface area contributed by atoms with Gasteiger partial charge < -0.3 is 15.6 Å². The zero-order valence-corrected chi connectivity index (χ0v) is 9.86. The summed E-state index contributed by atoms with van der Waals surface area (Å²) in [6.07, 6.45) is 5.58. The lowest BCUT2D eigenvalue weighted by atomic mass is 10.2. The van der Waals surface area contributed by atoms with Crippen molar-refractivity contribution < 1.29 is 4.79 Å². The molecule has 1 aromatic heterocycles. The molecule has 8 heteroatoms. The first-order valence-corrected chi connectivity index (χ1v) is 5.79. The summed E-state index contributed by atoms with van der Waals surface area (Å²) in [5.74, 6) is -0.460. The average Bonchev–Trinajstić information content (AvgIpc) is 3.08. The Hall–Kier alpha value is -2.05. The van der Waals surface area contributed by atoms with E-state index in [1.54, 1.807) is 12.5 Å². The fourth-order valence-electron chi connectivity index (χ4n) is 1.85. The van der Waals surface area contributed by atoms with Crippen LogP contribution in [0.4, 0.5) is 0 Å². The summed E-state index contributed by atoms with van der Waals surface area (Å²) in [6, 6.07) is -0.162. The molecule has 1 fully saturated rings. The van der Waals surface area contributed by atoms with Crippen LogP contribution < -0.4 is 11.1 Å². The number of nitrogens with one attached hydrogen (secondary N) is 1. The summed E-state index contributed by atoms with van der Waals surface area (Å²) < 4.78 is 1.98. The Morgan fingerprint density at radius 1 is 1.78 bits per heavy atom. The summed E-state index contributed by atoms with van der Waals surface area (Å²) in [4.78, 5) is 18.2. The summed E-state index contributed by atoms with van der Waals surface area (Å²) in [5, 5.41) is 6.38. The monoisotopic (exact) mass is 249 g/mol. The summed E-state index contributed by atoms with van der Waals surface area (Å²) >= 11 is 0. The van der Waals surface area contributed by atoms with Crippen LogP contribution in [-0.2, 0) is 4.79 Å². The van der Waals surface area contributed by atoms with Gasteiger partial charge in [0.05, 0.1) is 18.2 Å². The topological polar surface area (TPSA) is 122 Å². The molecular weight excluding hydrogens is 234 g/mol. The normalized spacial score (nSPS) is 16.0. The fourth-order valence-corrected chi connectivity index (χ4v) is 1.85. The third-order valence-electron chi connectivity index (χ3n) is 2.84. The van der Waals surface area contributed by atoms with Gasteiger partial charge in [-0.3, -0.25) is 4.79 Å². The van der Waals surface area contributed by atoms with E-state index < -0.39 is 11.9 Å². The Morgan fingerprint density at radius 2 is 2.56 bits per heavy atom. The molecule has 96 valence electrons. The maximum absolute atomic E-state index is 11.5. The molecule has 1 aromatic rings. The van der Waals surface area contributed by atoms with Crippen molar-refractivity contribution in [2.75, 3.05) is 13.1 Å². The number of hydrogen-bond acceptors (Lipinski definition) is 4. The van der Waals surface area contributed by atoms with Gasteiger partial charge in [-0.25, -0.2) is 4.98 Å². The van der Waals surface area contributed by atoms with Gasteiger partial charge in [-0.2, -0.15) is 0 Å². The van der Waals surface area contributed by atoms with Gasteiger partial charge in [0.25, 0.3) is 0 Å². The standard InChI is InChI=1S/C10H15N7O/c11-10(18)9(14-3-4-15-16-12)8-5-13-6-17(8)7-1-2-7/h5-7,9,14H,1-4H2,(H2,11,18). The molecule has 8 nitrogen and oxygen atoms in total. The zero-order chi connectivity index (χ0) is 13.0. The van der Waals surface area contributed by atoms with Crippen LogP contribution in [0.2, 0.25) is 0 Å².